The normalized spacial score (nSPS) is 15.6. The summed E-state index contributed by atoms with van der Waals surface area (Å²) in [6.07, 6.45) is 3.55. The highest BCUT2D eigenvalue weighted by Crippen LogP contribution is 2.35. The summed E-state index contributed by atoms with van der Waals surface area (Å²) in [4.78, 5) is 27.1. The Kier molecular flexibility index (Phi) is 5.76. The summed E-state index contributed by atoms with van der Waals surface area (Å²) >= 11 is 0. The van der Waals surface area contributed by atoms with E-state index in [-0.39, 0.29) is 22.9 Å². The number of nitrogens with one attached hydrogen (secondary N) is 1. The third-order valence-electron chi connectivity index (χ3n) is 5.27. The molecule has 0 unspecified atom stereocenters. The molecule has 0 bridgehead atoms. The molecule has 3 N–H and O–H groups in total. The van der Waals surface area contributed by atoms with Crippen molar-refractivity contribution in [1.82, 2.24) is 10.5 Å². The van der Waals surface area contributed by atoms with Crippen molar-refractivity contribution in [2.45, 2.75) is 37.6 Å². The van der Waals surface area contributed by atoms with Crippen molar-refractivity contribution in [2.75, 3.05) is 26.1 Å². The number of hydrogen-bond donors (Lipinski definition) is 2. The number of anilines is 1. The largest absolute Gasteiger partial charge is 0.494 e. The van der Waals surface area contributed by atoms with Gasteiger partial charge < -0.3 is 25.2 Å². The fraction of sp³-hybridized carbons (Fsp3) is 0.450. The number of nitrogens with two attached hydrogens (primary N) is 1. The second kappa shape index (κ2) is 8.10. The maximum atomic E-state index is 13.8. The van der Waals surface area contributed by atoms with E-state index in [2.05, 4.69) is 10.5 Å². The van der Waals surface area contributed by atoms with E-state index >= 15 is 0 Å². The number of nitrogens with zero attached hydrogens (tertiary/aromatic N) is 2. The average Bonchev–Trinajstić information content (AvgIpc) is 3.14. The molecule has 0 saturated heterocycles. The Hall–Kier alpha value is -3.10. The van der Waals surface area contributed by atoms with E-state index in [1.54, 1.807) is 19.0 Å². The lowest BCUT2D eigenvalue weighted by atomic mass is 9.81. The van der Waals surface area contributed by atoms with Gasteiger partial charge in [-0.1, -0.05) is 24.4 Å². The molecule has 2 amide bonds. The molecule has 1 saturated carbocycles. The van der Waals surface area contributed by atoms with E-state index in [1.165, 1.54) is 25.3 Å². The molecule has 29 heavy (non-hydrogen) atoms. The van der Waals surface area contributed by atoms with Crippen LogP contribution in [0.25, 0.3) is 11.3 Å². The number of ether oxygens (including phenoxy) is 1. The van der Waals surface area contributed by atoms with Crippen molar-refractivity contribution >= 4 is 17.6 Å². The van der Waals surface area contributed by atoms with Crippen molar-refractivity contribution in [3.05, 3.63) is 29.6 Å². The minimum Gasteiger partial charge on any atom is -0.494 e. The van der Waals surface area contributed by atoms with E-state index in [1.807, 2.05) is 0 Å². The molecule has 2 aromatic rings. The van der Waals surface area contributed by atoms with Crippen molar-refractivity contribution in [3.63, 3.8) is 0 Å². The Balaban J connectivity index is 2.04. The zero-order valence-electron chi connectivity index (χ0n) is 16.8. The SMILES string of the molecule is COc1cc(-c2onc(N(C)C)c2C(=O)NC2(C(N)=O)CCCCC2)ccc1F. The minimum absolute atomic E-state index is 0.0116. The lowest BCUT2D eigenvalue weighted by molar-refractivity contribution is -0.125. The van der Waals surface area contributed by atoms with Crippen LogP contribution in [-0.2, 0) is 4.79 Å². The molecule has 0 spiro atoms. The van der Waals surface area contributed by atoms with E-state index in [0.717, 1.165) is 19.3 Å². The van der Waals surface area contributed by atoms with Gasteiger partial charge in [-0.25, -0.2) is 4.39 Å². The summed E-state index contributed by atoms with van der Waals surface area (Å²) in [5.41, 5.74) is 5.11. The van der Waals surface area contributed by atoms with Gasteiger partial charge in [-0.2, -0.15) is 0 Å². The Morgan fingerprint density at radius 2 is 1.97 bits per heavy atom. The molecular weight excluding hydrogens is 379 g/mol. The van der Waals surface area contributed by atoms with Crippen molar-refractivity contribution in [1.29, 1.82) is 0 Å². The van der Waals surface area contributed by atoms with Gasteiger partial charge in [0.2, 0.25) is 5.91 Å². The quantitative estimate of drug-likeness (QED) is 0.765. The third kappa shape index (κ3) is 3.90. The number of rotatable bonds is 6. The first kappa shape index (κ1) is 20.6. The molecule has 1 aliphatic rings. The van der Waals surface area contributed by atoms with Crippen LogP contribution in [0.2, 0.25) is 0 Å². The van der Waals surface area contributed by atoms with Crippen LogP contribution in [0.3, 0.4) is 0 Å². The summed E-state index contributed by atoms with van der Waals surface area (Å²) < 4.78 is 24.3. The first-order valence-electron chi connectivity index (χ1n) is 9.42. The van der Waals surface area contributed by atoms with Crippen LogP contribution in [0.1, 0.15) is 42.5 Å². The molecule has 156 valence electrons. The monoisotopic (exact) mass is 404 g/mol. The minimum atomic E-state index is -1.10. The predicted octanol–water partition coefficient (Wildman–Crippen LogP) is 2.47. The maximum Gasteiger partial charge on any atom is 0.259 e. The van der Waals surface area contributed by atoms with E-state index < -0.39 is 23.2 Å². The molecule has 0 aliphatic heterocycles. The molecule has 1 aromatic carbocycles. The zero-order valence-corrected chi connectivity index (χ0v) is 16.8. The highest BCUT2D eigenvalue weighted by molar-refractivity contribution is 6.06. The van der Waals surface area contributed by atoms with E-state index in [0.29, 0.717) is 18.4 Å². The van der Waals surface area contributed by atoms with Crippen LogP contribution in [0.4, 0.5) is 10.2 Å². The van der Waals surface area contributed by atoms with Crippen LogP contribution in [-0.4, -0.2) is 43.7 Å². The van der Waals surface area contributed by atoms with Gasteiger partial charge in [-0.15, -0.1) is 0 Å². The van der Waals surface area contributed by atoms with Gasteiger partial charge in [0.1, 0.15) is 11.1 Å². The van der Waals surface area contributed by atoms with Crippen LogP contribution >= 0.6 is 0 Å². The Bertz CT molecular complexity index is 919. The number of halogens is 1. The number of benzene rings is 1. The number of hydrogen-bond acceptors (Lipinski definition) is 6. The number of aromatic nitrogens is 1. The van der Waals surface area contributed by atoms with E-state index in [9.17, 15) is 14.0 Å². The number of carbonyl (C=O) groups excluding carboxylic acids is 2. The number of amides is 2. The summed E-state index contributed by atoms with van der Waals surface area (Å²) in [7, 11) is 4.78. The number of carbonyl (C=O) groups is 2. The summed E-state index contributed by atoms with van der Waals surface area (Å²) in [6.45, 7) is 0. The summed E-state index contributed by atoms with van der Waals surface area (Å²) in [5, 5.41) is 6.83. The second-order valence-corrected chi connectivity index (χ2v) is 7.42. The highest BCUT2D eigenvalue weighted by atomic mass is 19.1. The number of methoxy groups -OCH3 is 1. The smallest absolute Gasteiger partial charge is 0.259 e. The Morgan fingerprint density at radius 3 is 2.55 bits per heavy atom. The van der Waals surface area contributed by atoms with Gasteiger partial charge in [-0.05, 0) is 31.0 Å². The lowest BCUT2D eigenvalue weighted by Gasteiger charge is -2.35. The molecule has 1 fully saturated rings. The molecular formula is C20H25FN4O4. The van der Waals surface area contributed by atoms with Crippen LogP contribution in [0.5, 0.6) is 5.75 Å². The number of primary amides is 1. The Morgan fingerprint density at radius 1 is 1.28 bits per heavy atom. The molecule has 1 aromatic heterocycles. The van der Waals surface area contributed by atoms with Gasteiger partial charge >= 0.3 is 0 Å². The van der Waals surface area contributed by atoms with E-state index in [4.69, 9.17) is 15.0 Å². The Labute approximate surface area is 168 Å². The van der Waals surface area contributed by atoms with Crippen molar-refractivity contribution in [3.8, 4) is 17.1 Å². The van der Waals surface area contributed by atoms with Gasteiger partial charge in [0.15, 0.2) is 23.1 Å². The van der Waals surface area contributed by atoms with Gasteiger partial charge in [-0.3, -0.25) is 9.59 Å². The molecule has 0 atom stereocenters. The third-order valence-corrected chi connectivity index (χ3v) is 5.27. The van der Waals surface area contributed by atoms with Gasteiger partial charge in [0, 0.05) is 19.7 Å². The second-order valence-electron chi connectivity index (χ2n) is 7.42. The van der Waals surface area contributed by atoms with Gasteiger partial charge in [0.05, 0.1) is 7.11 Å². The molecule has 9 heteroatoms. The first-order chi connectivity index (χ1) is 13.8. The van der Waals surface area contributed by atoms with Crippen molar-refractivity contribution < 1.29 is 23.2 Å². The standard InChI is InChI=1S/C20H25FN4O4/c1-25(2)17-15(18(26)23-20(19(22)27)9-5-4-6-10-20)16(29-24-17)12-7-8-13(21)14(11-12)28-3/h7-8,11H,4-6,9-10H2,1-3H3,(H2,22,27)(H,23,26). The molecule has 8 nitrogen and oxygen atoms in total. The van der Waals surface area contributed by atoms with Crippen LogP contribution < -0.4 is 20.7 Å². The first-order valence-corrected chi connectivity index (χ1v) is 9.42. The van der Waals surface area contributed by atoms with Crippen molar-refractivity contribution in [2.24, 2.45) is 5.73 Å². The van der Waals surface area contributed by atoms with Crippen LogP contribution in [0.15, 0.2) is 22.7 Å². The zero-order chi connectivity index (χ0) is 21.2. The topological polar surface area (TPSA) is 111 Å². The fourth-order valence-corrected chi connectivity index (χ4v) is 3.66. The fourth-order valence-electron chi connectivity index (χ4n) is 3.66. The van der Waals surface area contributed by atoms with Gasteiger partial charge in [0.25, 0.3) is 5.91 Å². The molecule has 0 radical (unpaired) electrons. The summed E-state index contributed by atoms with van der Waals surface area (Å²) in [5.74, 6) is -1.16. The van der Waals surface area contributed by atoms with Crippen LogP contribution in [0, 0.1) is 5.82 Å². The lowest BCUT2D eigenvalue weighted by Crippen LogP contribution is -2.58. The molecule has 3 rings (SSSR count). The highest BCUT2D eigenvalue weighted by Gasteiger charge is 2.41. The maximum absolute atomic E-state index is 13.8. The molecule has 1 aliphatic carbocycles. The predicted molar refractivity (Wildman–Crippen MR) is 105 cm³/mol. The molecule has 1 heterocycles. The summed E-state index contributed by atoms with van der Waals surface area (Å²) in [6, 6.07) is 4.12. The average molecular weight is 404 g/mol.